The number of carbonyl (C=O) groups excluding carboxylic acids is 2. The average Bonchev–Trinajstić information content (AvgIpc) is 3.52. The van der Waals surface area contributed by atoms with Crippen LogP contribution in [0.1, 0.15) is 77.2 Å². The lowest BCUT2D eigenvalue weighted by atomic mass is 9.47. The summed E-state index contributed by atoms with van der Waals surface area (Å²) in [6, 6.07) is 7.80. The van der Waals surface area contributed by atoms with Crippen LogP contribution < -0.4 is 4.74 Å². The molecule has 1 heterocycles. The van der Waals surface area contributed by atoms with Gasteiger partial charge in [-0.25, -0.2) is 0 Å². The van der Waals surface area contributed by atoms with Gasteiger partial charge in [-0.3, -0.25) is 9.59 Å². The van der Waals surface area contributed by atoms with Crippen molar-refractivity contribution in [1.29, 1.82) is 0 Å². The van der Waals surface area contributed by atoms with E-state index in [1.807, 2.05) is 29.2 Å². The molecule has 1 aliphatic heterocycles. The Labute approximate surface area is 221 Å². The van der Waals surface area contributed by atoms with Crippen molar-refractivity contribution in [1.82, 2.24) is 4.90 Å². The number of fused-ring (bicyclic) bond motifs is 5. The summed E-state index contributed by atoms with van der Waals surface area (Å²) in [7, 11) is 0. The van der Waals surface area contributed by atoms with E-state index in [1.54, 1.807) is 0 Å². The molecule has 1 aromatic carbocycles. The van der Waals surface area contributed by atoms with Crippen molar-refractivity contribution in [3.05, 3.63) is 47.1 Å². The molecule has 0 aromatic heterocycles. The van der Waals surface area contributed by atoms with Crippen molar-refractivity contribution in [2.45, 2.75) is 77.7 Å². The molecule has 37 heavy (non-hydrogen) atoms. The molecule has 6 rings (SSSR count). The average molecular weight is 504 g/mol. The van der Waals surface area contributed by atoms with Crippen LogP contribution in [-0.2, 0) is 9.59 Å². The fraction of sp³-hybridized carbons (Fsp3) is 0.625. The largest absolute Gasteiger partial charge is 0.484 e. The first-order valence-corrected chi connectivity index (χ1v) is 14.4. The number of nitrogens with zero attached hydrogens (tertiary/aromatic N) is 1. The fourth-order valence-corrected chi connectivity index (χ4v) is 8.57. The Bertz CT molecular complexity index is 1130. The van der Waals surface area contributed by atoms with Crippen molar-refractivity contribution in [2.75, 3.05) is 19.7 Å². The Kier molecular flexibility index (Phi) is 6.34. The number of likely N-dealkylation sites (tertiary alicyclic amines) is 1. The van der Waals surface area contributed by atoms with E-state index in [4.69, 9.17) is 4.74 Å². The highest BCUT2D eigenvalue weighted by atomic mass is 16.5. The summed E-state index contributed by atoms with van der Waals surface area (Å²) in [5.74, 6) is 2.69. The number of hydrogen-bond donors (Lipinski definition) is 1. The fourth-order valence-electron chi connectivity index (χ4n) is 8.57. The highest BCUT2D eigenvalue weighted by Crippen LogP contribution is 2.65. The highest BCUT2D eigenvalue weighted by Gasteiger charge is 2.60. The maximum Gasteiger partial charge on any atom is 0.260 e. The number of amides is 1. The van der Waals surface area contributed by atoms with Crippen LogP contribution in [0.3, 0.4) is 0 Å². The number of ether oxygens (including phenoxy) is 1. The van der Waals surface area contributed by atoms with Gasteiger partial charge in [-0.2, -0.15) is 0 Å². The van der Waals surface area contributed by atoms with E-state index in [0.29, 0.717) is 29.3 Å². The van der Waals surface area contributed by atoms with Crippen LogP contribution in [0.4, 0.5) is 0 Å². The minimum Gasteiger partial charge on any atom is -0.484 e. The number of allylic oxidation sites excluding steroid dienone is 2. The van der Waals surface area contributed by atoms with Crippen LogP contribution in [0.5, 0.6) is 5.75 Å². The van der Waals surface area contributed by atoms with E-state index in [2.05, 4.69) is 26.0 Å². The monoisotopic (exact) mass is 503 g/mol. The molecule has 3 saturated carbocycles. The first-order chi connectivity index (χ1) is 17.8. The Hall–Kier alpha value is -2.40. The Morgan fingerprint density at radius 3 is 2.54 bits per heavy atom. The van der Waals surface area contributed by atoms with Crippen molar-refractivity contribution in [3.63, 3.8) is 0 Å². The van der Waals surface area contributed by atoms with Crippen LogP contribution in [0.15, 0.2) is 41.5 Å². The molecule has 4 fully saturated rings. The summed E-state index contributed by atoms with van der Waals surface area (Å²) < 4.78 is 5.74. The lowest BCUT2D eigenvalue weighted by Crippen LogP contribution is -2.50. The predicted octanol–water partition coefficient (Wildman–Crippen LogP) is 5.57. The van der Waals surface area contributed by atoms with Crippen LogP contribution in [-0.4, -0.2) is 47.5 Å². The zero-order chi connectivity index (χ0) is 25.8. The number of aliphatic hydroxyl groups is 1. The minimum absolute atomic E-state index is 0.0537. The number of carbonyl (C=O) groups is 2. The van der Waals surface area contributed by atoms with E-state index < -0.39 is 0 Å². The normalized spacial score (nSPS) is 38.1. The minimum atomic E-state index is -0.279. The van der Waals surface area contributed by atoms with Gasteiger partial charge in [0.15, 0.2) is 12.4 Å². The van der Waals surface area contributed by atoms with Gasteiger partial charge in [-0.1, -0.05) is 37.6 Å². The molecule has 1 N–H and O–H groups in total. The Morgan fingerprint density at radius 1 is 1.05 bits per heavy atom. The Balaban J connectivity index is 1.16. The molecular weight excluding hydrogens is 462 g/mol. The van der Waals surface area contributed by atoms with Crippen LogP contribution >= 0.6 is 0 Å². The first-order valence-electron chi connectivity index (χ1n) is 14.4. The van der Waals surface area contributed by atoms with Crippen LogP contribution in [0.25, 0.3) is 6.08 Å². The SMILES string of the molecule is C[C@]12CC[C@H](O)C=C1CC[C@@H]1[C@@H]2CC[C@]2(C)C(=O)/C(=C/c3ccc(OCC(=O)N4CCCC4)cc3)C[C@@H]12. The van der Waals surface area contributed by atoms with E-state index in [1.165, 1.54) is 5.57 Å². The molecule has 5 heteroatoms. The molecule has 5 aliphatic rings. The van der Waals surface area contributed by atoms with Gasteiger partial charge in [-0.15, -0.1) is 0 Å². The molecule has 1 amide bonds. The van der Waals surface area contributed by atoms with Gasteiger partial charge in [0.25, 0.3) is 5.91 Å². The topological polar surface area (TPSA) is 66.8 Å². The summed E-state index contributed by atoms with van der Waals surface area (Å²) in [6.45, 7) is 6.41. The molecule has 5 nitrogen and oxygen atoms in total. The van der Waals surface area contributed by atoms with Crippen LogP contribution in [0.2, 0.25) is 0 Å². The number of hydrogen-bond acceptors (Lipinski definition) is 4. The lowest BCUT2D eigenvalue weighted by Gasteiger charge is -2.57. The summed E-state index contributed by atoms with van der Waals surface area (Å²) in [4.78, 5) is 27.9. The quantitative estimate of drug-likeness (QED) is 0.431. The van der Waals surface area contributed by atoms with E-state index in [9.17, 15) is 14.7 Å². The summed E-state index contributed by atoms with van der Waals surface area (Å²) in [5.41, 5.74) is 3.39. The number of Topliss-reactive ketones (excluding diaryl/α,β-unsaturated/α-hetero) is 1. The third-order valence-electron chi connectivity index (χ3n) is 10.8. The zero-order valence-electron chi connectivity index (χ0n) is 22.4. The standard InChI is InChI=1S/C32H41NO4/c1-31-13-11-24(34)19-23(31)7-10-26-27(31)12-14-32(2)28(26)18-22(30(32)36)17-21-5-8-25(9-6-21)37-20-29(35)33-15-3-4-16-33/h5-6,8-9,17,19,24,26-28,34H,3-4,7,10-16,18,20H2,1-2H3/b22-17+/t24-,26+,27-,28-,31-,32-/m0/s1. The van der Waals surface area contributed by atoms with Crippen molar-refractivity contribution in [2.24, 2.45) is 28.6 Å². The maximum absolute atomic E-state index is 13.7. The van der Waals surface area contributed by atoms with Gasteiger partial charge in [0.2, 0.25) is 0 Å². The molecule has 0 unspecified atom stereocenters. The second-order valence-corrected chi connectivity index (χ2v) is 12.7. The van der Waals surface area contributed by atoms with Crippen molar-refractivity contribution in [3.8, 4) is 5.75 Å². The molecule has 1 saturated heterocycles. The number of aliphatic hydroxyl groups excluding tert-OH is 1. The van der Waals surface area contributed by atoms with E-state index in [0.717, 1.165) is 82.0 Å². The Morgan fingerprint density at radius 2 is 1.78 bits per heavy atom. The number of rotatable bonds is 4. The van der Waals surface area contributed by atoms with Gasteiger partial charge in [0.05, 0.1) is 6.10 Å². The van der Waals surface area contributed by atoms with Gasteiger partial charge in [0.1, 0.15) is 5.75 Å². The van der Waals surface area contributed by atoms with Gasteiger partial charge in [0, 0.05) is 18.5 Å². The third-order valence-corrected chi connectivity index (χ3v) is 10.8. The van der Waals surface area contributed by atoms with Gasteiger partial charge >= 0.3 is 0 Å². The first kappa shape index (κ1) is 24.9. The number of ketones is 1. The third kappa shape index (κ3) is 4.27. The molecule has 0 radical (unpaired) electrons. The van der Waals surface area contributed by atoms with E-state index >= 15 is 0 Å². The van der Waals surface area contributed by atoms with Crippen molar-refractivity contribution >= 4 is 17.8 Å². The molecule has 0 bridgehead atoms. The van der Waals surface area contributed by atoms with Crippen LogP contribution in [0, 0.1) is 28.6 Å². The highest BCUT2D eigenvalue weighted by molar-refractivity contribution is 6.06. The predicted molar refractivity (Wildman–Crippen MR) is 144 cm³/mol. The molecule has 1 aromatic rings. The van der Waals surface area contributed by atoms with E-state index in [-0.39, 0.29) is 29.4 Å². The summed E-state index contributed by atoms with van der Waals surface area (Å²) in [5, 5.41) is 10.2. The van der Waals surface area contributed by atoms with Gasteiger partial charge < -0.3 is 14.7 Å². The molecule has 198 valence electrons. The van der Waals surface area contributed by atoms with Gasteiger partial charge in [-0.05, 0) is 110 Å². The second kappa shape index (κ2) is 9.41. The molecule has 6 atom stereocenters. The number of benzene rings is 1. The second-order valence-electron chi connectivity index (χ2n) is 12.7. The maximum atomic E-state index is 13.7. The lowest BCUT2D eigenvalue weighted by molar-refractivity contribution is -0.132. The summed E-state index contributed by atoms with van der Waals surface area (Å²) >= 11 is 0. The van der Waals surface area contributed by atoms with Crippen molar-refractivity contribution < 1.29 is 19.4 Å². The smallest absolute Gasteiger partial charge is 0.260 e. The molecule has 0 spiro atoms. The summed E-state index contributed by atoms with van der Waals surface area (Å²) in [6.07, 6.45) is 13.2. The zero-order valence-corrected chi connectivity index (χ0v) is 22.4. The molecule has 4 aliphatic carbocycles. The molecular formula is C32H41NO4.